The molecule has 1 heterocycles. The van der Waals surface area contributed by atoms with E-state index in [1.807, 2.05) is 24.3 Å². The molecule has 0 saturated carbocycles. The summed E-state index contributed by atoms with van der Waals surface area (Å²) in [6, 6.07) is 9.92. The van der Waals surface area contributed by atoms with Crippen LogP contribution < -0.4 is 10.1 Å². The Labute approximate surface area is 123 Å². The molecule has 0 aliphatic rings. The van der Waals surface area contributed by atoms with Crippen molar-refractivity contribution in [3.8, 4) is 6.01 Å². The maximum Gasteiger partial charge on any atom is 0.316 e. The van der Waals surface area contributed by atoms with Crippen LogP contribution in [0.25, 0.3) is 0 Å². The van der Waals surface area contributed by atoms with Crippen LogP contribution in [0.2, 0.25) is 5.02 Å². The summed E-state index contributed by atoms with van der Waals surface area (Å²) in [5.41, 5.74) is 1.19. The molecule has 2 rings (SSSR count). The van der Waals surface area contributed by atoms with E-state index in [0.29, 0.717) is 12.6 Å². The molecule has 0 radical (unpaired) electrons. The lowest BCUT2D eigenvalue weighted by atomic mass is 10.2. The minimum absolute atomic E-state index is 0. The second kappa shape index (κ2) is 8.69. The van der Waals surface area contributed by atoms with E-state index in [4.69, 9.17) is 16.3 Å². The molecule has 19 heavy (non-hydrogen) atoms. The number of aromatic nitrogens is 2. The molecule has 4 nitrogen and oxygen atoms in total. The first-order chi connectivity index (χ1) is 8.84. The Hall–Kier alpha value is -1.36. The molecule has 0 saturated heterocycles. The van der Waals surface area contributed by atoms with Gasteiger partial charge in [0, 0.05) is 30.5 Å². The predicted molar refractivity (Wildman–Crippen MR) is 77.9 cm³/mol. The van der Waals surface area contributed by atoms with Crippen molar-refractivity contribution < 1.29 is 4.74 Å². The Morgan fingerprint density at radius 1 is 1.11 bits per heavy atom. The van der Waals surface area contributed by atoms with Gasteiger partial charge in [-0.3, -0.25) is 0 Å². The van der Waals surface area contributed by atoms with Crippen LogP contribution in [0, 0.1) is 0 Å². The molecule has 6 heteroatoms. The quantitative estimate of drug-likeness (QED) is 0.833. The fourth-order valence-corrected chi connectivity index (χ4v) is 1.54. The molecular weight excluding hydrogens is 285 g/mol. The first-order valence-corrected chi connectivity index (χ1v) is 6.07. The summed E-state index contributed by atoms with van der Waals surface area (Å²) >= 11 is 5.81. The van der Waals surface area contributed by atoms with Gasteiger partial charge in [0.2, 0.25) is 0 Å². The van der Waals surface area contributed by atoms with Crippen molar-refractivity contribution in [1.82, 2.24) is 15.3 Å². The van der Waals surface area contributed by atoms with Gasteiger partial charge in [-0.15, -0.1) is 12.4 Å². The maximum atomic E-state index is 5.81. The largest absolute Gasteiger partial charge is 0.462 e. The smallest absolute Gasteiger partial charge is 0.316 e. The number of ether oxygens (including phenoxy) is 1. The average Bonchev–Trinajstić information content (AvgIpc) is 2.42. The molecule has 0 bridgehead atoms. The summed E-state index contributed by atoms with van der Waals surface area (Å²) in [5.74, 6) is 0. The van der Waals surface area contributed by atoms with Crippen LogP contribution in [-0.4, -0.2) is 23.1 Å². The van der Waals surface area contributed by atoms with E-state index in [-0.39, 0.29) is 12.4 Å². The molecule has 0 amide bonds. The third kappa shape index (κ3) is 5.87. The highest BCUT2D eigenvalue weighted by atomic mass is 35.5. The summed E-state index contributed by atoms with van der Waals surface area (Å²) in [6.07, 6.45) is 3.31. The van der Waals surface area contributed by atoms with Gasteiger partial charge >= 0.3 is 6.01 Å². The van der Waals surface area contributed by atoms with E-state index in [9.17, 15) is 0 Å². The maximum absolute atomic E-state index is 5.81. The van der Waals surface area contributed by atoms with Gasteiger partial charge in [-0.2, -0.15) is 0 Å². The third-order valence-corrected chi connectivity index (χ3v) is 2.55. The number of halogens is 2. The highest BCUT2D eigenvalue weighted by Crippen LogP contribution is 2.08. The van der Waals surface area contributed by atoms with Gasteiger partial charge in [-0.05, 0) is 23.8 Å². The van der Waals surface area contributed by atoms with Crippen LogP contribution in [0.4, 0.5) is 0 Å². The molecule has 0 atom stereocenters. The Morgan fingerprint density at radius 2 is 1.79 bits per heavy atom. The van der Waals surface area contributed by atoms with Crippen LogP contribution in [0.1, 0.15) is 5.56 Å². The van der Waals surface area contributed by atoms with Gasteiger partial charge in [0.1, 0.15) is 6.61 Å². The lowest BCUT2D eigenvalue weighted by Gasteiger charge is -2.06. The van der Waals surface area contributed by atoms with E-state index in [1.54, 1.807) is 18.5 Å². The highest BCUT2D eigenvalue weighted by Gasteiger charge is 1.95. The number of benzene rings is 1. The lowest BCUT2D eigenvalue weighted by molar-refractivity contribution is 0.289. The first-order valence-electron chi connectivity index (χ1n) is 5.69. The Kier molecular flexibility index (Phi) is 7.18. The van der Waals surface area contributed by atoms with Crippen molar-refractivity contribution in [3.05, 3.63) is 53.3 Å². The van der Waals surface area contributed by atoms with Gasteiger partial charge in [0.15, 0.2) is 0 Å². The normalized spacial score (nSPS) is 9.74. The predicted octanol–water partition coefficient (Wildman–Crippen LogP) is 2.72. The van der Waals surface area contributed by atoms with E-state index < -0.39 is 0 Å². The molecule has 102 valence electrons. The molecule has 2 aromatic rings. The van der Waals surface area contributed by atoms with E-state index in [0.717, 1.165) is 18.1 Å². The molecule has 1 aromatic heterocycles. The molecule has 0 fully saturated rings. The number of hydrogen-bond acceptors (Lipinski definition) is 4. The van der Waals surface area contributed by atoms with Gasteiger partial charge in [0.25, 0.3) is 0 Å². The first kappa shape index (κ1) is 15.7. The zero-order valence-corrected chi connectivity index (χ0v) is 11.8. The van der Waals surface area contributed by atoms with Crippen molar-refractivity contribution in [3.63, 3.8) is 0 Å². The second-order valence-electron chi connectivity index (χ2n) is 3.68. The molecule has 1 N–H and O–H groups in total. The standard InChI is InChI=1S/C13H14ClN3O.ClH/c14-12-4-2-11(3-5-12)10-15-8-9-18-13-16-6-1-7-17-13;/h1-7,15H,8-10H2;1H. The molecule has 0 aliphatic carbocycles. The van der Waals surface area contributed by atoms with Crippen molar-refractivity contribution in [2.75, 3.05) is 13.2 Å². The lowest BCUT2D eigenvalue weighted by Crippen LogP contribution is -2.21. The number of rotatable bonds is 6. The van der Waals surface area contributed by atoms with Crippen molar-refractivity contribution >= 4 is 24.0 Å². The van der Waals surface area contributed by atoms with Crippen LogP contribution in [0.5, 0.6) is 6.01 Å². The molecule has 0 unspecified atom stereocenters. The minimum Gasteiger partial charge on any atom is -0.462 e. The Bertz CT molecular complexity index is 465. The zero-order chi connectivity index (χ0) is 12.6. The van der Waals surface area contributed by atoms with E-state index in [2.05, 4.69) is 15.3 Å². The second-order valence-corrected chi connectivity index (χ2v) is 4.12. The van der Waals surface area contributed by atoms with E-state index >= 15 is 0 Å². The molecule has 0 aliphatic heterocycles. The highest BCUT2D eigenvalue weighted by molar-refractivity contribution is 6.30. The summed E-state index contributed by atoms with van der Waals surface area (Å²) in [4.78, 5) is 7.94. The van der Waals surface area contributed by atoms with Crippen LogP contribution in [-0.2, 0) is 6.54 Å². The van der Waals surface area contributed by atoms with Crippen molar-refractivity contribution in [2.24, 2.45) is 0 Å². The fourth-order valence-electron chi connectivity index (χ4n) is 1.41. The third-order valence-electron chi connectivity index (χ3n) is 2.29. The Balaban J connectivity index is 0.00000180. The zero-order valence-electron chi connectivity index (χ0n) is 10.3. The van der Waals surface area contributed by atoms with Gasteiger partial charge < -0.3 is 10.1 Å². The summed E-state index contributed by atoms with van der Waals surface area (Å²) < 4.78 is 5.36. The fraction of sp³-hybridized carbons (Fsp3) is 0.231. The van der Waals surface area contributed by atoms with Crippen LogP contribution in [0.3, 0.4) is 0 Å². The molecular formula is C13H15Cl2N3O. The number of nitrogens with zero attached hydrogens (tertiary/aromatic N) is 2. The monoisotopic (exact) mass is 299 g/mol. The molecule has 0 spiro atoms. The Morgan fingerprint density at radius 3 is 2.47 bits per heavy atom. The summed E-state index contributed by atoms with van der Waals surface area (Å²) in [7, 11) is 0. The van der Waals surface area contributed by atoms with Crippen molar-refractivity contribution in [1.29, 1.82) is 0 Å². The minimum atomic E-state index is 0. The molecule has 1 aromatic carbocycles. The average molecular weight is 300 g/mol. The van der Waals surface area contributed by atoms with Crippen LogP contribution >= 0.6 is 24.0 Å². The SMILES string of the molecule is Cl.Clc1ccc(CNCCOc2ncccn2)cc1. The van der Waals surface area contributed by atoms with E-state index in [1.165, 1.54) is 5.56 Å². The summed E-state index contributed by atoms with van der Waals surface area (Å²) in [6.45, 7) is 2.06. The number of hydrogen-bond donors (Lipinski definition) is 1. The summed E-state index contributed by atoms with van der Waals surface area (Å²) in [5, 5.41) is 4.02. The van der Waals surface area contributed by atoms with Crippen LogP contribution in [0.15, 0.2) is 42.7 Å². The van der Waals surface area contributed by atoms with Gasteiger partial charge in [0.05, 0.1) is 0 Å². The van der Waals surface area contributed by atoms with Crippen molar-refractivity contribution in [2.45, 2.75) is 6.54 Å². The topological polar surface area (TPSA) is 47.0 Å². The van der Waals surface area contributed by atoms with Gasteiger partial charge in [-0.1, -0.05) is 23.7 Å². The van der Waals surface area contributed by atoms with Gasteiger partial charge in [-0.25, -0.2) is 9.97 Å². The number of nitrogens with one attached hydrogen (secondary N) is 1.